The molecule has 0 aliphatic carbocycles. The van der Waals surface area contributed by atoms with Gasteiger partial charge in [-0.25, -0.2) is 5.10 Å². The molecule has 1 heterocycles. The van der Waals surface area contributed by atoms with Gasteiger partial charge < -0.3 is 5.32 Å². The van der Waals surface area contributed by atoms with Crippen LogP contribution in [-0.4, -0.2) is 21.0 Å². The average molecular weight is 166 g/mol. The Labute approximate surface area is 69.9 Å². The molecule has 0 spiro atoms. The Morgan fingerprint density at radius 1 is 1.67 bits per heavy atom. The Kier molecular flexibility index (Phi) is 2.57. The molecule has 0 atom stereocenters. The molecule has 5 nitrogen and oxygen atoms in total. The first-order valence-electron chi connectivity index (χ1n) is 3.50. The highest BCUT2D eigenvalue weighted by Crippen LogP contribution is 1.99. The number of aromatic nitrogens is 3. The summed E-state index contributed by atoms with van der Waals surface area (Å²) in [6.45, 7) is 3.27. The van der Waals surface area contributed by atoms with Gasteiger partial charge in [-0.05, 0) is 19.9 Å². The quantitative estimate of drug-likeness (QED) is 0.649. The number of aromatic amines is 1. The van der Waals surface area contributed by atoms with Gasteiger partial charge in [0.2, 0.25) is 5.95 Å². The maximum absolute atomic E-state index is 10.6. The maximum atomic E-state index is 10.6. The minimum Gasteiger partial charge on any atom is -0.328 e. The molecule has 64 valence electrons. The average Bonchev–Trinajstić information content (AvgIpc) is 2.37. The number of allylic oxidation sites excluding steroid dienone is 2. The molecule has 0 aliphatic heterocycles. The van der Waals surface area contributed by atoms with Crippen molar-refractivity contribution in [1.29, 1.82) is 0 Å². The van der Waals surface area contributed by atoms with E-state index < -0.39 is 0 Å². The van der Waals surface area contributed by atoms with E-state index in [4.69, 9.17) is 0 Å². The molecular weight excluding hydrogens is 156 g/mol. The summed E-state index contributed by atoms with van der Waals surface area (Å²) in [6.07, 6.45) is 2.88. The first kappa shape index (κ1) is 8.45. The van der Waals surface area contributed by atoms with Gasteiger partial charge in [-0.1, -0.05) is 0 Å². The summed E-state index contributed by atoms with van der Waals surface area (Å²) in [5.74, 6) is 0.532. The molecule has 0 fully saturated rings. The molecule has 1 aromatic rings. The van der Waals surface area contributed by atoms with Crippen LogP contribution in [0.5, 0.6) is 0 Å². The molecule has 5 heteroatoms. The highest BCUT2D eigenvalue weighted by atomic mass is 16.1. The van der Waals surface area contributed by atoms with Crippen molar-refractivity contribution in [2.24, 2.45) is 0 Å². The fourth-order valence-electron chi connectivity index (χ4n) is 0.793. The lowest BCUT2D eigenvalue weighted by Crippen LogP contribution is -1.99. The van der Waals surface area contributed by atoms with Crippen molar-refractivity contribution < 1.29 is 4.79 Å². The van der Waals surface area contributed by atoms with E-state index in [0.717, 1.165) is 5.70 Å². The van der Waals surface area contributed by atoms with E-state index in [9.17, 15) is 4.79 Å². The van der Waals surface area contributed by atoms with E-state index in [2.05, 4.69) is 20.5 Å². The van der Waals surface area contributed by atoms with Crippen LogP contribution >= 0.6 is 0 Å². The number of H-pyrrole nitrogens is 1. The third-order valence-electron chi connectivity index (χ3n) is 1.15. The van der Waals surface area contributed by atoms with Crippen LogP contribution in [0.4, 0.5) is 5.95 Å². The topological polar surface area (TPSA) is 70.7 Å². The van der Waals surface area contributed by atoms with Crippen LogP contribution in [0.3, 0.4) is 0 Å². The van der Waals surface area contributed by atoms with Gasteiger partial charge in [0, 0.05) is 5.70 Å². The normalized spacial score (nSPS) is 11.3. The molecule has 0 aromatic carbocycles. The van der Waals surface area contributed by atoms with Crippen LogP contribution in [0.1, 0.15) is 13.8 Å². The van der Waals surface area contributed by atoms with Crippen LogP contribution in [-0.2, 0) is 4.79 Å². The first-order valence-corrected chi connectivity index (χ1v) is 3.50. The standard InChI is InChI=1S/C7H10N4O/c1-5(3-6(2)12)10-7-8-4-9-11-7/h3-4H,1-2H3,(H2,8,9,10,11). The van der Waals surface area contributed by atoms with Crippen molar-refractivity contribution in [2.75, 3.05) is 5.32 Å². The Morgan fingerprint density at radius 3 is 2.92 bits per heavy atom. The molecule has 0 saturated heterocycles. The summed E-state index contributed by atoms with van der Waals surface area (Å²) in [4.78, 5) is 14.5. The third kappa shape index (κ3) is 2.53. The van der Waals surface area contributed by atoms with Gasteiger partial charge in [-0.2, -0.15) is 10.1 Å². The lowest BCUT2D eigenvalue weighted by molar-refractivity contribution is -0.112. The second kappa shape index (κ2) is 3.66. The summed E-state index contributed by atoms with van der Waals surface area (Å²) in [5.41, 5.74) is 0.735. The second-order valence-corrected chi connectivity index (χ2v) is 2.40. The van der Waals surface area contributed by atoms with E-state index in [0.29, 0.717) is 5.95 Å². The molecule has 0 saturated carbocycles. The van der Waals surface area contributed by atoms with E-state index in [1.165, 1.54) is 19.3 Å². The van der Waals surface area contributed by atoms with Gasteiger partial charge in [0.1, 0.15) is 6.33 Å². The molecule has 1 aromatic heterocycles. The van der Waals surface area contributed by atoms with E-state index in [1.807, 2.05) is 0 Å². The fourth-order valence-corrected chi connectivity index (χ4v) is 0.793. The van der Waals surface area contributed by atoms with Gasteiger partial charge in [0.15, 0.2) is 5.78 Å². The largest absolute Gasteiger partial charge is 0.328 e. The van der Waals surface area contributed by atoms with Crippen LogP contribution in [0, 0.1) is 0 Å². The van der Waals surface area contributed by atoms with Crippen molar-refractivity contribution >= 4 is 11.7 Å². The molecule has 0 radical (unpaired) electrons. The smallest absolute Gasteiger partial charge is 0.222 e. The zero-order chi connectivity index (χ0) is 8.97. The number of nitrogens with zero attached hydrogens (tertiary/aromatic N) is 2. The second-order valence-electron chi connectivity index (χ2n) is 2.40. The molecule has 0 unspecified atom stereocenters. The lowest BCUT2D eigenvalue weighted by Gasteiger charge is -1.99. The zero-order valence-electron chi connectivity index (χ0n) is 6.96. The number of hydrogen-bond acceptors (Lipinski definition) is 4. The first-order chi connectivity index (χ1) is 5.68. The highest BCUT2D eigenvalue weighted by Gasteiger charge is 1.95. The van der Waals surface area contributed by atoms with Crippen LogP contribution in [0.2, 0.25) is 0 Å². The SMILES string of the molecule is CC(=O)C=C(C)Nc1ncn[nH]1. The number of nitrogens with one attached hydrogen (secondary N) is 2. The summed E-state index contributed by atoms with van der Waals surface area (Å²) in [7, 11) is 0. The van der Waals surface area contributed by atoms with E-state index in [1.54, 1.807) is 6.92 Å². The minimum atomic E-state index is -0.000449. The predicted molar refractivity (Wildman–Crippen MR) is 44.4 cm³/mol. The van der Waals surface area contributed by atoms with E-state index in [-0.39, 0.29) is 5.78 Å². The van der Waals surface area contributed by atoms with Crippen LogP contribution in [0.25, 0.3) is 0 Å². The van der Waals surface area contributed by atoms with Crippen LogP contribution < -0.4 is 5.32 Å². The maximum Gasteiger partial charge on any atom is 0.222 e. The fraction of sp³-hybridized carbons (Fsp3) is 0.286. The summed E-state index contributed by atoms with van der Waals surface area (Å²) >= 11 is 0. The van der Waals surface area contributed by atoms with Gasteiger partial charge in [0.25, 0.3) is 0 Å². The van der Waals surface area contributed by atoms with Crippen molar-refractivity contribution in [3.8, 4) is 0 Å². The highest BCUT2D eigenvalue weighted by molar-refractivity contribution is 5.88. The predicted octanol–water partition coefficient (Wildman–Crippen LogP) is 0.709. The van der Waals surface area contributed by atoms with Crippen molar-refractivity contribution in [1.82, 2.24) is 15.2 Å². The molecule has 1 rings (SSSR count). The number of anilines is 1. The molecule has 0 aliphatic rings. The Morgan fingerprint density at radius 2 is 2.42 bits per heavy atom. The zero-order valence-corrected chi connectivity index (χ0v) is 6.96. The number of carbonyl (C=O) groups is 1. The van der Waals surface area contributed by atoms with Gasteiger partial charge in [-0.3, -0.25) is 4.79 Å². The molecule has 0 amide bonds. The number of carbonyl (C=O) groups excluding carboxylic acids is 1. The molecule has 0 bridgehead atoms. The Balaban J connectivity index is 2.58. The molecular formula is C7H10N4O. The monoisotopic (exact) mass is 166 g/mol. The number of rotatable bonds is 3. The summed E-state index contributed by atoms with van der Waals surface area (Å²) in [6, 6.07) is 0. The van der Waals surface area contributed by atoms with Gasteiger partial charge >= 0.3 is 0 Å². The Hall–Kier alpha value is -1.65. The Bertz CT molecular complexity index is 288. The summed E-state index contributed by atoms with van der Waals surface area (Å²) in [5, 5.41) is 9.12. The summed E-state index contributed by atoms with van der Waals surface area (Å²) < 4.78 is 0. The van der Waals surface area contributed by atoms with Crippen molar-refractivity contribution in [2.45, 2.75) is 13.8 Å². The minimum absolute atomic E-state index is 0.000449. The van der Waals surface area contributed by atoms with Crippen molar-refractivity contribution in [3.63, 3.8) is 0 Å². The molecule has 12 heavy (non-hydrogen) atoms. The number of hydrogen-bond donors (Lipinski definition) is 2. The van der Waals surface area contributed by atoms with Gasteiger partial charge in [0.05, 0.1) is 0 Å². The van der Waals surface area contributed by atoms with Crippen molar-refractivity contribution in [3.05, 3.63) is 18.1 Å². The third-order valence-corrected chi connectivity index (χ3v) is 1.15. The van der Waals surface area contributed by atoms with Gasteiger partial charge in [-0.15, -0.1) is 0 Å². The number of ketones is 1. The van der Waals surface area contributed by atoms with Crippen LogP contribution in [0.15, 0.2) is 18.1 Å². The van der Waals surface area contributed by atoms with E-state index >= 15 is 0 Å². The molecule has 2 N–H and O–H groups in total. The lowest BCUT2D eigenvalue weighted by atomic mass is 10.3.